The number of carbonyl (C=O) groups excluding carboxylic acids is 3. The monoisotopic (exact) mass is 441 g/mol. The molecule has 3 aromatic carbocycles. The lowest BCUT2D eigenvalue weighted by molar-refractivity contribution is -0.121. The van der Waals surface area contributed by atoms with Gasteiger partial charge >= 0.3 is 0 Å². The van der Waals surface area contributed by atoms with Gasteiger partial charge in [-0.25, -0.2) is 0 Å². The first-order chi connectivity index (χ1) is 16.1. The summed E-state index contributed by atoms with van der Waals surface area (Å²) in [6.07, 6.45) is 3.56. The Morgan fingerprint density at radius 3 is 2.52 bits per heavy atom. The third-order valence-electron chi connectivity index (χ3n) is 6.40. The molecule has 1 saturated carbocycles. The van der Waals surface area contributed by atoms with Gasteiger partial charge in [0, 0.05) is 35.9 Å². The van der Waals surface area contributed by atoms with Gasteiger partial charge in [-0.3, -0.25) is 14.4 Å². The van der Waals surface area contributed by atoms with Gasteiger partial charge in [0.2, 0.25) is 5.91 Å². The number of benzene rings is 3. The van der Waals surface area contributed by atoms with Gasteiger partial charge in [0.05, 0.1) is 5.92 Å². The number of nitrogens with one attached hydrogen (secondary N) is 2. The largest absolute Gasteiger partial charge is 0.349 e. The molecule has 1 atom stereocenters. The molecule has 1 unspecified atom stereocenters. The number of rotatable bonds is 5. The molecule has 0 radical (unpaired) electrons. The first-order valence-corrected chi connectivity index (χ1v) is 11.6. The Bertz CT molecular complexity index is 1210. The van der Waals surface area contributed by atoms with Crippen LogP contribution in [0.15, 0.2) is 66.7 Å². The van der Waals surface area contributed by atoms with E-state index in [-0.39, 0.29) is 29.7 Å². The predicted molar refractivity (Wildman–Crippen MR) is 128 cm³/mol. The van der Waals surface area contributed by atoms with E-state index in [0.29, 0.717) is 29.9 Å². The minimum atomic E-state index is -0.290. The number of nitrogens with zero attached hydrogens (tertiary/aromatic N) is 1. The summed E-state index contributed by atoms with van der Waals surface area (Å²) in [5, 5.41) is 7.87. The summed E-state index contributed by atoms with van der Waals surface area (Å²) in [6, 6.07) is 20.9. The summed E-state index contributed by atoms with van der Waals surface area (Å²) in [7, 11) is 0. The fraction of sp³-hybridized carbons (Fsp3) is 0.296. The number of likely N-dealkylation sites (tertiary alicyclic amines) is 1. The third kappa shape index (κ3) is 4.75. The summed E-state index contributed by atoms with van der Waals surface area (Å²) in [4.78, 5) is 40.4. The van der Waals surface area contributed by atoms with Crippen LogP contribution < -0.4 is 10.6 Å². The standard InChI is InChI=1S/C27H27N3O3/c31-25(28-21-13-14-21)19-8-3-10-22(16-19)29-26(32)20-9-5-15-30(17-20)27(33)24-12-4-7-18-6-1-2-11-23(18)24/h1-4,6-8,10-12,16,20-21H,5,9,13-15,17H2,(H,28,31)(H,29,32). The second kappa shape index (κ2) is 9.06. The van der Waals surface area contributed by atoms with E-state index in [0.717, 1.165) is 36.5 Å². The average Bonchev–Trinajstić information content (AvgIpc) is 3.67. The Balaban J connectivity index is 1.26. The van der Waals surface area contributed by atoms with Crippen LogP contribution in [0.1, 0.15) is 46.4 Å². The van der Waals surface area contributed by atoms with Crippen molar-refractivity contribution < 1.29 is 14.4 Å². The molecular formula is C27H27N3O3. The fourth-order valence-corrected chi connectivity index (χ4v) is 4.44. The lowest BCUT2D eigenvalue weighted by atomic mass is 9.95. The van der Waals surface area contributed by atoms with Crippen LogP contribution in [0.4, 0.5) is 5.69 Å². The van der Waals surface area contributed by atoms with Crippen molar-refractivity contribution in [3.05, 3.63) is 77.9 Å². The molecule has 1 aliphatic carbocycles. The molecule has 1 aliphatic heterocycles. The van der Waals surface area contributed by atoms with Crippen LogP contribution in [-0.2, 0) is 4.79 Å². The summed E-state index contributed by atoms with van der Waals surface area (Å²) in [6.45, 7) is 1.03. The molecule has 0 bridgehead atoms. The second-order valence-corrected chi connectivity index (χ2v) is 8.93. The average molecular weight is 442 g/mol. The predicted octanol–water partition coefficient (Wildman–Crippen LogP) is 4.22. The van der Waals surface area contributed by atoms with Gasteiger partial charge in [-0.2, -0.15) is 0 Å². The highest BCUT2D eigenvalue weighted by molar-refractivity contribution is 6.07. The Labute approximate surface area is 193 Å². The van der Waals surface area contributed by atoms with Crippen LogP contribution in [-0.4, -0.2) is 41.8 Å². The first-order valence-electron chi connectivity index (χ1n) is 11.6. The number of amides is 3. The van der Waals surface area contributed by atoms with Gasteiger partial charge in [0.1, 0.15) is 0 Å². The van der Waals surface area contributed by atoms with Crippen LogP contribution in [0.5, 0.6) is 0 Å². The lowest BCUT2D eigenvalue weighted by Gasteiger charge is -2.32. The zero-order valence-electron chi connectivity index (χ0n) is 18.4. The Hall–Kier alpha value is -3.67. The van der Waals surface area contributed by atoms with E-state index in [9.17, 15) is 14.4 Å². The van der Waals surface area contributed by atoms with E-state index in [1.54, 1.807) is 29.2 Å². The molecule has 2 N–H and O–H groups in total. The van der Waals surface area contributed by atoms with Crippen LogP contribution in [0.25, 0.3) is 10.8 Å². The van der Waals surface area contributed by atoms with Gasteiger partial charge in [0.15, 0.2) is 0 Å². The molecule has 1 saturated heterocycles. The van der Waals surface area contributed by atoms with Crippen LogP contribution in [0.2, 0.25) is 0 Å². The minimum absolute atomic E-state index is 0.0388. The number of fused-ring (bicyclic) bond motifs is 1. The first kappa shape index (κ1) is 21.2. The molecule has 1 heterocycles. The quantitative estimate of drug-likeness (QED) is 0.622. The number of hydrogen-bond donors (Lipinski definition) is 2. The molecule has 0 aromatic heterocycles. The van der Waals surface area contributed by atoms with Gasteiger partial charge in [0.25, 0.3) is 11.8 Å². The van der Waals surface area contributed by atoms with Crippen molar-refractivity contribution in [2.75, 3.05) is 18.4 Å². The maximum atomic E-state index is 13.3. The zero-order valence-corrected chi connectivity index (χ0v) is 18.4. The van der Waals surface area contributed by atoms with Crippen LogP contribution in [0, 0.1) is 5.92 Å². The molecule has 0 spiro atoms. The highest BCUT2D eigenvalue weighted by atomic mass is 16.2. The van der Waals surface area contributed by atoms with Crippen molar-refractivity contribution in [1.29, 1.82) is 0 Å². The molecular weight excluding hydrogens is 414 g/mol. The second-order valence-electron chi connectivity index (χ2n) is 8.93. The molecule has 2 fully saturated rings. The third-order valence-corrected chi connectivity index (χ3v) is 6.40. The van der Waals surface area contributed by atoms with E-state index in [2.05, 4.69) is 10.6 Å². The molecule has 6 heteroatoms. The topological polar surface area (TPSA) is 78.5 Å². The lowest BCUT2D eigenvalue weighted by Crippen LogP contribution is -2.43. The molecule has 168 valence electrons. The smallest absolute Gasteiger partial charge is 0.254 e. The van der Waals surface area contributed by atoms with Gasteiger partial charge in [-0.15, -0.1) is 0 Å². The van der Waals surface area contributed by atoms with E-state index >= 15 is 0 Å². The summed E-state index contributed by atoms with van der Waals surface area (Å²) >= 11 is 0. The highest BCUT2D eigenvalue weighted by Crippen LogP contribution is 2.25. The van der Waals surface area contributed by atoms with Crippen molar-refractivity contribution in [3.63, 3.8) is 0 Å². The Kier molecular flexibility index (Phi) is 5.82. The number of anilines is 1. The Morgan fingerprint density at radius 1 is 0.879 bits per heavy atom. The van der Waals surface area contributed by atoms with Crippen molar-refractivity contribution in [2.45, 2.75) is 31.7 Å². The molecule has 2 aliphatic rings. The normalized spacial score (nSPS) is 18.1. The van der Waals surface area contributed by atoms with E-state index in [4.69, 9.17) is 0 Å². The Morgan fingerprint density at radius 2 is 1.67 bits per heavy atom. The van der Waals surface area contributed by atoms with Crippen molar-refractivity contribution in [3.8, 4) is 0 Å². The minimum Gasteiger partial charge on any atom is -0.349 e. The van der Waals surface area contributed by atoms with Crippen LogP contribution in [0.3, 0.4) is 0 Å². The maximum Gasteiger partial charge on any atom is 0.254 e. The highest BCUT2D eigenvalue weighted by Gasteiger charge is 2.30. The number of hydrogen-bond acceptors (Lipinski definition) is 3. The molecule has 33 heavy (non-hydrogen) atoms. The number of piperidine rings is 1. The fourth-order valence-electron chi connectivity index (χ4n) is 4.44. The molecule has 3 aromatic rings. The summed E-state index contributed by atoms with van der Waals surface area (Å²) in [5.74, 6) is -0.562. The van der Waals surface area contributed by atoms with Gasteiger partial charge in [-0.05, 0) is 60.7 Å². The SMILES string of the molecule is O=C(NC1CC1)c1cccc(NC(=O)C2CCCN(C(=O)c3cccc4ccccc34)C2)c1. The van der Waals surface area contributed by atoms with Crippen LogP contribution >= 0.6 is 0 Å². The zero-order chi connectivity index (χ0) is 22.8. The van der Waals surface area contributed by atoms with E-state index < -0.39 is 0 Å². The molecule has 5 rings (SSSR count). The van der Waals surface area contributed by atoms with Crippen molar-refractivity contribution in [2.24, 2.45) is 5.92 Å². The van der Waals surface area contributed by atoms with Gasteiger partial charge < -0.3 is 15.5 Å². The summed E-state index contributed by atoms with van der Waals surface area (Å²) in [5.41, 5.74) is 1.81. The van der Waals surface area contributed by atoms with Gasteiger partial charge in [-0.1, -0.05) is 42.5 Å². The van der Waals surface area contributed by atoms with E-state index in [1.165, 1.54) is 0 Å². The summed E-state index contributed by atoms with van der Waals surface area (Å²) < 4.78 is 0. The molecule has 6 nitrogen and oxygen atoms in total. The number of carbonyl (C=O) groups is 3. The van der Waals surface area contributed by atoms with Crippen molar-refractivity contribution >= 4 is 34.2 Å². The van der Waals surface area contributed by atoms with E-state index in [1.807, 2.05) is 42.5 Å². The maximum absolute atomic E-state index is 13.3. The van der Waals surface area contributed by atoms with Crippen molar-refractivity contribution in [1.82, 2.24) is 10.2 Å². The molecule has 3 amide bonds.